The van der Waals surface area contributed by atoms with E-state index in [4.69, 9.17) is 4.74 Å². The summed E-state index contributed by atoms with van der Waals surface area (Å²) in [7, 11) is 0. The van der Waals surface area contributed by atoms with Crippen LogP contribution in [0.5, 0.6) is 0 Å². The first-order valence-corrected chi connectivity index (χ1v) is 11.7. The lowest BCUT2D eigenvalue weighted by Crippen LogP contribution is -2.53. The molecule has 4 nitrogen and oxygen atoms in total. The van der Waals surface area contributed by atoms with Crippen molar-refractivity contribution in [3.63, 3.8) is 0 Å². The average molecular weight is 421 g/mol. The topological polar surface area (TPSA) is 41.6 Å². The lowest BCUT2D eigenvalue weighted by atomic mass is 9.76. The fourth-order valence-corrected chi connectivity index (χ4v) is 6.08. The van der Waals surface area contributed by atoms with Gasteiger partial charge in [-0.1, -0.05) is 30.3 Å². The molecule has 162 valence electrons. The Balaban J connectivity index is 1.26. The van der Waals surface area contributed by atoms with Crippen LogP contribution in [0.3, 0.4) is 0 Å². The molecule has 1 spiro atoms. The highest BCUT2D eigenvalue weighted by Gasteiger charge is 2.53. The Morgan fingerprint density at radius 2 is 1.90 bits per heavy atom. The molecule has 0 radical (unpaired) electrons. The van der Waals surface area contributed by atoms with Crippen LogP contribution in [0.15, 0.2) is 42.5 Å². The standard InChI is InChI=1S/C26H29FN2O2/c27-22-4-2-1-3-20(22)19-6-5-17-7-10-26(11-12-26)24(21(17)15-19)28-25(30)31-23-16-29-13-8-18(23)9-14-29/h1-6,15,18,23-24H,7-14,16H2,(H,28,30)/t23-,24?/m0/s1. The van der Waals surface area contributed by atoms with Crippen LogP contribution >= 0.6 is 0 Å². The summed E-state index contributed by atoms with van der Waals surface area (Å²) in [5.74, 6) is 0.280. The number of carbonyl (C=O) groups is 1. The third-order valence-corrected chi connectivity index (χ3v) is 8.16. The number of carbonyl (C=O) groups excluding carboxylic acids is 1. The van der Waals surface area contributed by atoms with Crippen LogP contribution in [0.2, 0.25) is 0 Å². The van der Waals surface area contributed by atoms with Crippen molar-refractivity contribution in [1.82, 2.24) is 10.2 Å². The van der Waals surface area contributed by atoms with Gasteiger partial charge >= 0.3 is 6.09 Å². The van der Waals surface area contributed by atoms with Gasteiger partial charge in [0.2, 0.25) is 0 Å². The molecule has 3 aliphatic heterocycles. The van der Waals surface area contributed by atoms with E-state index in [0.29, 0.717) is 11.5 Å². The Morgan fingerprint density at radius 1 is 1.10 bits per heavy atom. The fourth-order valence-electron chi connectivity index (χ4n) is 6.08. The number of halogens is 1. The Labute approximate surface area is 182 Å². The summed E-state index contributed by atoms with van der Waals surface area (Å²) in [4.78, 5) is 15.4. The molecule has 31 heavy (non-hydrogen) atoms. The lowest BCUT2D eigenvalue weighted by Gasteiger charge is -2.44. The minimum absolute atomic E-state index is 0.00506. The third kappa shape index (κ3) is 3.43. The number of hydrogen-bond acceptors (Lipinski definition) is 3. The van der Waals surface area contributed by atoms with Gasteiger partial charge in [-0.3, -0.25) is 4.90 Å². The largest absolute Gasteiger partial charge is 0.445 e. The quantitative estimate of drug-likeness (QED) is 0.753. The van der Waals surface area contributed by atoms with Crippen LogP contribution < -0.4 is 5.32 Å². The maximum atomic E-state index is 14.4. The number of amides is 1. The van der Waals surface area contributed by atoms with E-state index in [1.807, 2.05) is 18.2 Å². The molecule has 1 amide bonds. The van der Waals surface area contributed by atoms with Gasteiger partial charge in [0.1, 0.15) is 11.9 Å². The summed E-state index contributed by atoms with van der Waals surface area (Å²) in [6.45, 7) is 3.12. The second kappa shape index (κ2) is 7.33. The van der Waals surface area contributed by atoms with Crippen molar-refractivity contribution in [3.8, 4) is 11.1 Å². The molecule has 5 aliphatic rings. The first kappa shape index (κ1) is 19.3. The monoisotopic (exact) mass is 420 g/mol. The van der Waals surface area contributed by atoms with Crippen LogP contribution in [0.1, 0.15) is 49.3 Å². The molecular formula is C26H29FN2O2. The van der Waals surface area contributed by atoms with Crippen molar-refractivity contribution >= 4 is 6.09 Å². The summed E-state index contributed by atoms with van der Waals surface area (Å²) in [6.07, 6.45) is 6.32. The van der Waals surface area contributed by atoms with E-state index in [-0.39, 0.29) is 29.5 Å². The number of alkyl carbamates (subject to hydrolysis) is 1. The summed E-state index contributed by atoms with van der Waals surface area (Å²) in [6, 6.07) is 13.0. The van der Waals surface area contributed by atoms with Crippen molar-refractivity contribution in [2.24, 2.45) is 11.3 Å². The molecule has 7 rings (SSSR count). The molecular weight excluding hydrogens is 391 g/mol. The van der Waals surface area contributed by atoms with Crippen molar-refractivity contribution in [3.05, 3.63) is 59.4 Å². The highest BCUT2D eigenvalue weighted by atomic mass is 19.1. The van der Waals surface area contributed by atoms with Crippen LogP contribution in [0.25, 0.3) is 11.1 Å². The number of nitrogens with zero attached hydrogens (tertiary/aromatic N) is 1. The molecule has 1 unspecified atom stereocenters. The van der Waals surface area contributed by atoms with E-state index in [1.165, 1.54) is 11.6 Å². The van der Waals surface area contributed by atoms with Gasteiger partial charge in [0.05, 0.1) is 6.04 Å². The highest BCUT2D eigenvalue weighted by Crippen LogP contribution is 2.61. The number of rotatable bonds is 3. The maximum Gasteiger partial charge on any atom is 0.407 e. The predicted octanol–water partition coefficient (Wildman–Crippen LogP) is 5.08. The van der Waals surface area contributed by atoms with Gasteiger partial charge in [0.25, 0.3) is 0 Å². The normalized spacial score (nSPS) is 30.0. The number of ether oxygens (including phenoxy) is 1. The van der Waals surface area contributed by atoms with Crippen molar-refractivity contribution in [2.75, 3.05) is 19.6 Å². The molecule has 5 heteroatoms. The minimum atomic E-state index is -0.292. The molecule has 2 aliphatic carbocycles. The Bertz CT molecular complexity index is 1010. The fraction of sp³-hybridized carbons (Fsp3) is 0.500. The van der Waals surface area contributed by atoms with Gasteiger partial charge in [-0.2, -0.15) is 0 Å². The molecule has 2 atom stereocenters. The molecule has 3 heterocycles. The number of benzene rings is 2. The highest BCUT2D eigenvalue weighted by molar-refractivity contribution is 5.70. The molecule has 1 N–H and O–H groups in total. The maximum absolute atomic E-state index is 14.4. The molecule has 2 bridgehead atoms. The Kier molecular flexibility index (Phi) is 4.57. The molecule has 1 saturated carbocycles. The second-order valence-electron chi connectivity index (χ2n) is 9.91. The summed E-state index contributed by atoms with van der Waals surface area (Å²) < 4.78 is 20.4. The predicted molar refractivity (Wildman–Crippen MR) is 117 cm³/mol. The van der Waals surface area contributed by atoms with Crippen LogP contribution in [-0.2, 0) is 11.2 Å². The van der Waals surface area contributed by atoms with Gasteiger partial charge in [-0.05, 0) is 91.8 Å². The van der Waals surface area contributed by atoms with Gasteiger partial charge in [0, 0.05) is 12.1 Å². The van der Waals surface area contributed by atoms with E-state index in [1.54, 1.807) is 6.07 Å². The van der Waals surface area contributed by atoms with Gasteiger partial charge in [-0.15, -0.1) is 0 Å². The van der Waals surface area contributed by atoms with Gasteiger partial charge < -0.3 is 10.1 Å². The number of nitrogens with one attached hydrogen (secondary N) is 1. The summed E-state index contributed by atoms with van der Waals surface area (Å²) in [5.41, 5.74) is 4.00. The molecule has 4 fully saturated rings. The first-order chi connectivity index (χ1) is 15.1. The molecule has 0 aromatic heterocycles. The van der Waals surface area contributed by atoms with E-state index in [9.17, 15) is 9.18 Å². The summed E-state index contributed by atoms with van der Waals surface area (Å²) >= 11 is 0. The second-order valence-corrected chi connectivity index (χ2v) is 9.91. The van der Waals surface area contributed by atoms with E-state index in [0.717, 1.165) is 69.3 Å². The van der Waals surface area contributed by atoms with Crippen LogP contribution in [0, 0.1) is 17.2 Å². The third-order valence-electron chi connectivity index (χ3n) is 8.16. The first-order valence-electron chi connectivity index (χ1n) is 11.7. The average Bonchev–Trinajstić information content (AvgIpc) is 3.57. The van der Waals surface area contributed by atoms with Crippen LogP contribution in [-0.4, -0.2) is 36.7 Å². The van der Waals surface area contributed by atoms with E-state index in [2.05, 4.69) is 22.3 Å². The number of hydrogen-bond donors (Lipinski definition) is 1. The van der Waals surface area contributed by atoms with Gasteiger partial charge in [0.15, 0.2) is 0 Å². The van der Waals surface area contributed by atoms with Crippen molar-refractivity contribution in [1.29, 1.82) is 0 Å². The Morgan fingerprint density at radius 3 is 2.61 bits per heavy atom. The zero-order chi connectivity index (χ0) is 21.0. The Hall–Kier alpha value is -2.40. The molecule has 3 saturated heterocycles. The van der Waals surface area contributed by atoms with E-state index >= 15 is 0 Å². The minimum Gasteiger partial charge on any atom is -0.445 e. The molecule has 2 aromatic carbocycles. The summed E-state index contributed by atoms with van der Waals surface area (Å²) in [5, 5.41) is 3.25. The zero-order valence-corrected chi connectivity index (χ0v) is 17.8. The van der Waals surface area contributed by atoms with Gasteiger partial charge in [-0.25, -0.2) is 9.18 Å². The van der Waals surface area contributed by atoms with Crippen molar-refractivity contribution in [2.45, 2.75) is 50.7 Å². The zero-order valence-electron chi connectivity index (χ0n) is 17.8. The lowest BCUT2D eigenvalue weighted by molar-refractivity contribution is -0.0347. The SMILES string of the molecule is O=C(NC1c2cc(-c3ccccc3F)ccc2CCC12CC2)O[C@H]1CN2CCC1CC2. The number of aryl methyl sites for hydroxylation is 1. The number of fused-ring (bicyclic) bond motifs is 4. The molecule has 2 aromatic rings. The smallest absolute Gasteiger partial charge is 0.407 e. The number of piperidine rings is 3. The van der Waals surface area contributed by atoms with E-state index < -0.39 is 0 Å². The van der Waals surface area contributed by atoms with Crippen molar-refractivity contribution < 1.29 is 13.9 Å². The van der Waals surface area contributed by atoms with Crippen LogP contribution in [0.4, 0.5) is 9.18 Å².